The Hall–Kier alpha value is -3.72. The van der Waals surface area contributed by atoms with Crippen LogP contribution in [0.5, 0.6) is 5.75 Å². The maximum Gasteiger partial charge on any atom is 0.229 e. The van der Waals surface area contributed by atoms with Gasteiger partial charge in [0, 0.05) is 5.69 Å². The van der Waals surface area contributed by atoms with E-state index in [4.69, 9.17) is 4.74 Å². The Kier molecular flexibility index (Phi) is 5.44. The number of benzene rings is 2. The van der Waals surface area contributed by atoms with Gasteiger partial charge >= 0.3 is 0 Å². The zero-order chi connectivity index (χ0) is 21.1. The minimum Gasteiger partial charge on any atom is -0.497 e. The fraction of sp³-hybridized carbons (Fsp3) is 0.190. The number of rotatable bonds is 7. The molecule has 154 valence electrons. The van der Waals surface area contributed by atoms with E-state index in [1.165, 1.54) is 6.07 Å². The normalized spacial score (nSPS) is 12.0. The number of para-hydroxylation sites is 1. The number of hydrogen-bond acceptors (Lipinski definition) is 7. The van der Waals surface area contributed by atoms with Crippen LogP contribution in [-0.4, -0.2) is 38.3 Å². The monoisotopic (exact) mass is 408 g/mol. The number of aliphatic hydroxyl groups excluding tert-OH is 1. The van der Waals surface area contributed by atoms with Crippen molar-refractivity contribution in [1.82, 2.24) is 19.5 Å². The molecule has 2 aromatic carbocycles. The van der Waals surface area contributed by atoms with Crippen LogP contribution >= 0.6 is 0 Å². The van der Waals surface area contributed by atoms with Crippen molar-refractivity contribution in [2.45, 2.75) is 13.0 Å². The lowest BCUT2D eigenvalue weighted by molar-refractivity contribution is 0.242. The third kappa shape index (κ3) is 3.87. The average molecular weight is 408 g/mol. The molecule has 3 N–H and O–H groups in total. The minimum absolute atomic E-state index is 0.136. The Labute approximate surface area is 172 Å². The molecule has 0 aliphatic carbocycles. The van der Waals surface area contributed by atoms with Gasteiger partial charge in [0.15, 0.2) is 5.65 Å². The van der Waals surface area contributed by atoms with Crippen molar-refractivity contribution in [3.63, 3.8) is 0 Å². The average Bonchev–Trinajstić information content (AvgIpc) is 3.12. The van der Waals surface area contributed by atoms with E-state index >= 15 is 0 Å². The fourth-order valence-corrected chi connectivity index (χ4v) is 3.02. The zero-order valence-electron chi connectivity index (χ0n) is 16.5. The summed E-state index contributed by atoms with van der Waals surface area (Å²) in [4.78, 5) is 13.4. The SMILES string of the molecule is COc1ccc(Nc2ncc3nc(Nc4ccccc4F)n(C(C)CO)c3n2)cc1. The molecule has 2 aromatic heterocycles. The van der Waals surface area contributed by atoms with Crippen LogP contribution in [0.4, 0.5) is 27.7 Å². The molecule has 30 heavy (non-hydrogen) atoms. The van der Waals surface area contributed by atoms with Crippen molar-refractivity contribution < 1.29 is 14.2 Å². The summed E-state index contributed by atoms with van der Waals surface area (Å²) in [6.07, 6.45) is 1.58. The van der Waals surface area contributed by atoms with Gasteiger partial charge in [-0.15, -0.1) is 0 Å². The van der Waals surface area contributed by atoms with Crippen molar-refractivity contribution in [3.05, 3.63) is 60.5 Å². The number of nitrogens with zero attached hydrogens (tertiary/aromatic N) is 4. The van der Waals surface area contributed by atoms with E-state index < -0.39 is 5.82 Å². The Morgan fingerprint density at radius 2 is 1.87 bits per heavy atom. The van der Waals surface area contributed by atoms with Crippen LogP contribution in [-0.2, 0) is 0 Å². The highest BCUT2D eigenvalue weighted by Crippen LogP contribution is 2.27. The highest BCUT2D eigenvalue weighted by molar-refractivity contribution is 5.77. The molecule has 2 heterocycles. The maximum absolute atomic E-state index is 14.1. The van der Waals surface area contributed by atoms with Crippen LogP contribution in [0.1, 0.15) is 13.0 Å². The molecular formula is C21H21FN6O2. The van der Waals surface area contributed by atoms with Crippen LogP contribution in [0.15, 0.2) is 54.7 Å². The van der Waals surface area contributed by atoms with Crippen molar-refractivity contribution in [2.75, 3.05) is 24.4 Å². The largest absolute Gasteiger partial charge is 0.497 e. The first-order valence-electron chi connectivity index (χ1n) is 9.37. The summed E-state index contributed by atoms with van der Waals surface area (Å²) >= 11 is 0. The van der Waals surface area contributed by atoms with Gasteiger partial charge in [-0.1, -0.05) is 12.1 Å². The van der Waals surface area contributed by atoms with Gasteiger partial charge in [0.1, 0.15) is 17.1 Å². The van der Waals surface area contributed by atoms with Gasteiger partial charge < -0.3 is 20.5 Å². The van der Waals surface area contributed by atoms with Crippen molar-refractivity contribution in [3.8, 4) is 5.75 Å². The smallest absolute Gasteiger partial charge is 0.229 e. The van der Waals surface area contributed by atoms with Gasteiger partial charge in [-0.05, 0) is 43.3 Å². The number of ether oxygens (including phenoxy) is 1. The van der Waals surface area contributed by atoms with Crippen molar-refractivity contribution in [1.29, 1.82) is 0 Å². The summed E-state index contributed by atoms with van der Waals surface area (Å²) in [5, 5.41) is 15.9. The molecule has 9 heteroatoms. The van der Waals surface area contributed by atoms with Gasteiger partial charge in [0.05, 0.1) is 31.6 Å². The number of methoxy groups -OCH3 is 1. The lowest BCUT2D eigenvalue weighted by Crippen LogP contribution is -2.13. The van der Waals surface area contributed by atoms with E-state index in [1.807, 2.05) is 31.2 Å². The van der Waals surface area contributed by atoms with Crippen LogP contribution in [0.25, 0.3) is 11.2 Å². The molecule has 1 unspecified atom stereocenters. The zero-order valence-corrected chi connectivity index (χ0v) is 16.5. The second-order valence-corrected chi connectivity index (χ2v) is 6.70. The van der Waals surface area contributed by atoms with Gasteiger partial charge in [-0.3, -0.25) is 4.57 Å². The van der Waals surface area contributed by atoms with Gasteiger partial charge in [-0.2, -0.15) is 4.98 Å². The standard InChI is InChI=1S/C21H21FN6O2/c1-13(12-29)28-19-18(26-21(28)25-17-6-4-3-5-16(17)22)11-23-20(27-19)24-14-7-9-15(30-2)10-8-14/h3-11,13,29H,12H2,1-2H3,(H,25,26)(H,23,24,27). The lowest BCUT2D eigenvalue weighted by Gasteiger charge is -2.16. The molecule has 0 saturated carbocycles. The number of halogens is 1. The maximum atomic E-state index is 14.1. The first-order chi connectivity index (χ1) is 14.6. The Bertz CT molecular complexity index is 1160. The summed E-state index contributed by atoms with van der Waals surface area (Å²) in [5.74, 6) is 1.08. The van der Waals surface area contributed by atoms with E-state index in [0.717, 1.165) is 11.4 Å². The third-order valence-corrected chi connectivity index (χ3v) is 4.60. The number of aromatic nitrogens is 4. The van der Waals surface area contributed by atoms with Crippen molar-refractivity contribution >= 4 is 34.4 Å². The molecule has 0 fully saturated rings. The van der Waals surface area contributed by atoms with E-state index in [9.17, 15) is 9.50 Å². The summed E-state index contributed by atoms with van der Waals surface area (Å²) in [5.41, 5.74) is 2.11. The summed E-state index contributed by atoms with van der Waals surface area (Å²) in [6.45, 7) is 1.69. The molecule has 0 bridgehead atoms. The summed E-state index contributed by atoms with van der Waals surface area (Å²) in [6, 6.07) is 13.3. The summed E-state index contributed by atoms with van der Waals surface area (Å²) in [7, 11) is 1.61. The van der Waals surface area contributed by atoms with E-state index in [0.29, 0.717) is 23.1 Å². The van der Waals surface area contributed by atoms with Crippen LogP contribution < -0.4 is 15.4 Å². The number of fused-ring (bicyclic) bond motifs is 1. The molecule has 4 rings (SSSR count). The summed E-state index contributed by atoms with van der Waals surface area (Å²) < 4.78 is 21.0. The molecule has 4 aromatic rings. The molecule has 1 atom stereocenters. The predicted octanol–water partition coefficient (Wildman–Crippen LogP) is 4.01. The molecule has 0 aliphatic rings. The van der Waals surface area contributed by atoms with Crippen LogP contribution in [0.3, 0.4) is 0 Å². The van der Waals surface area contributed by atoms with Gasteiger partial charge in [0.25, 0.3) is 0 Å². The van der Waals surface area contributed by atoms with Crippen LogP contribution in [0, 0.1) is 5.82 Å². The number of nitrogens with one attached hydrogen (secondary N) is 2. The molecular weight excluding hydrogens is 387 g/mol. The molecule has 0 spiro atoms. The second kappa shape index (κ2) is 8.34. The first kappa shape index (κ1) is 19.6. The van der Waals surface area contributed by atoms with Gasteiger partial charge in [-0.25, -0.2) is 14.4 Å². The fourth-order valence-electron chi connectivity index (χ4n) is 3.02. The van der Waals surface area contributed by atoms with Gasteiger partial charge in [0.2, 0.25) is 11.9 Å². The van der Waals surface area contributed by atoms with Crippen molar-refractivity contribution in [2.24, 2.45) is 0 Å². The third-order valence-electron chi connectivity index (χ3n) is 4.60. The molecule has 0 aliphatic heterocycles. The Morgan fingerprint density at radius 3 is 2.57 bits per heavy atom. The Morgan fingerprint density at radius 1 is 1.10 bits per heavy atom. The van der Waals surface area contributed by atoms with E-state index in [2.05, 4.69) is 25.6 Å². The molecule has 0 amide bonds. The molecule has 8 nitrogen and oxygen atoms in total. The number of aliphatic hydroxyl groups is 1. The number of anilines is 4. The minimum atomic E-state index is -0.402. The highest BCUT2D eigenvalue weighted by Gasteiger charge is 2.19. The quantitative estimate of drug-likeness (QED) is 0.425. The van der Waals surface area contributed by atoms with E-state index in [1.54, 1.807) is 36.1 Å². The highest BCUT2D eigenvalue weighted by atomic mass is 19.1. The second-order valence-electron chi connectivity index (χ2n) is 6.70. The first-order valence-corrected chi connectivity index (χ1v) is 9.37. The lowest BCUT2D eigenvalue weighted by atomic mass is 10.3. The molecule has 0 saturated heterocycles. The van der Waals surface area contributed by atoms with E-state index in [-0.39, 0.29) is 18.3 Å². The molecule has 0 radical (unpaired) electrons. The van der Waals surface area contributed by atoms with Crippen LogP contribution in [0.2, 0.25) is 0 Å². The topological polar surface area (TPSA) is 97.1 Å². The predicted molar refractivity (Wildman–Crippen MR) is 113 cm³/mol. The Balaban J connectivity index is 1.72. The number of imidazole rings is 1. The number of hydrogen-bond donors (Lipinski definition) is 3.